The predicted octanol–water partition coefficient (Wildman–Crippen LogP) is 13.0. The largest absolute Gasteiger partial charge is 0.258 e. The number of aryl methyl sites for hydroxylation is 2. The molecule has 9 aromatic rings. The molecule has 0 saturated carbocycles. The Morgan fingerprint density at radius 3 is 1.59 bits per heavy atom. The van der Waals surface area contributed by atoms with Crippen LogP contribution < -0.4 is 0 Å². The lowest BCUT2D eigenvalue weighted by Crippen LogP contribution is -2.32. The monoisotopic (exact) mass is 760 g/mol. The molecule has 11 rings (SSSR count). The van der Waals surface area contributed by atoms with E-state index in [-0.39, 0.29) is 0 Å². The molecular weight excluding hydrogens is 725 g/mol. The Morgan fingerprint density at radius 1 is 0.362 bits per heavy atom. The highest BCUT2D eigenvalue weighted by atomic mass is 32.2. The fourth-order valence-corrected chi connectivity index (χ4v) is 10.4. The second-order valence-corrected chi connectivity index (χ2v) is 16.1. The molecule has 1 spiro atoms. The molecule has 0 bridgehead atoms. The Bertz CT molecular complexity index is 3020. The fourth-order valence-electron chi connectivity index (χ4n) is 9.07. The second-order valence-electron chi connectivity index (χ2n) is 15.0. The zero-order valence-corrected chi connectivity index (χ0v) is 32.8. The van der Waals surface area contributed by atoms with E-state index in [9.17, 15) is 0 Å². The van der Waals surface area contributed by atoms with Crippen LogP contribution in [-0.2, 0) is 5.41 Å². The lowest BCUT2D eigenvalue weighted by atomic mass is 9.67. The minimum absolute atomic E-state index is 0.415. The molecule has 7 aromatic carbocycles. The standard InChI is InChI=1S/C53H36N4S/c1-33-26-31-40(34(2)54-33)38-16-12-17-39(32-38)52-56-50(36-14-4-3-5-15-36)55-51(57-52)37-29-27-35(28-30-37)41-20-13-24-47-49(41)58-48-25-11-10-23-46(48)53(47)44-21-8-6-18-42(44)43-19-7-9-22-45(43)53/h3-32H,1-2H3. The van der Waals surface area contributed by atoms with Gasteiger partial charge < -0.3 is 0 Å². The Kier molecular flexibility index (Phi) is 8.05. The van der Waals surface area contributed by atoms with Gasteiger partial charge >= 0.3 is 0 Å². The molecular formula is C53H36N4S. The van der Waals surface area contributed by atoms with Crippen LogP contribution in [-0.4, -0.2) is 19.9 Å². The van der Waals surface area contributed by atoms with Crippen LogP contribution in [0.2, 0.25) is 0 Å². The minimum atomic E-state index is -0.415. The van der Waals surface area contributed by atoms with Gasteiger partial charge in [-0.2, -0.15) is 0 Å². The van der Waals surface area contributed by atoms with Crippen LogP contribution in [0.3, 0.4) is 0 Å². The first-order valence-corrected chi connectivity index (χ1v) is 20.5. The van der Waals surface area contributed by atoms with Crippen molar-refractivity contribution in [3.63, 3.8) is 0 Å². The van der Waals surface area contributed by atoms with E-state index in [4.69, 9.17) is 19.9 Å². The van der Waals surface area contributed by atoms with Gasteiger partial charge in [0.25, 0.3) is 0 Å². The van der Waals surface area contributed by atoms with Crippen molar-refractivity contribution in [3.8, 4) is 67.5 Å². The molecule has 0 radical (unpaired) electrons. The quantitative estimate of drug-likeness (QED) is 0.175. The molecule has 3 heterocycles. The summed E-state index contributed by atoms with van der Waals surface area (Å²) in [5, 5.41) is 0. The smallest absolute Gasteiger partial charge is 0.164 e. The Labute approximate surface area is 342 Å². The molecule has 1 aliphatic carbocycles. The zero-order chi connectivity index (χ0) is 38.8. The molecule has 5 heteroatoms. The molecule has 1 aliphatic heterocycles. The average molecular weight is 761 g/mol. The molecule has 0 fully saturated rings. The molecule has 0 N–H and O–H groups in total. The first-order chi connectivity index (χ1) is 28.6. The maximum absolute atomic E-state index is 5.12. The van der Waals surface area contributed by atoms with Crippen LogP contribution in [0.4, 0.5) is 0 Å². The van der Waals surface area contributed by atoms with E-state index in [0.717, 1.165) is 44.8 Å². The van der Waals surface area contributed by atoms with E-state index in [1.54, 1.807) is 0 Å². The van der Waals surface area contributed by atoms with Gasteiger partial charge in [0.15, 0.2) is 17.5 Å². The van der Waals surface area contributed by atoms with E-state index in [0.29, 0.717) is 17.5 Å². The van der Waals surface area contributed by atoms with Crippen LogP contribution in [0.25, 0.3) is 67.5 Å². The SMILES string of the molecule is Cc1ccc(-c2cccc(-c3nc(-c4ccccc4)nc(-c4ccc(-c5cccc6c5Sc5ccccc5C65c6ccccc6-c6ccccc65)cc4)n3)c2)c(C)n1. The highest BCUT2D eigenvalue weighted by molar-refractivity contribution is 7.99. The van der Waals surface area contributed by atoms with Gasteiger partial charge in [-0.25, -0.2) is 15.0 Å². The predicted molar refractivity (Wildman–Crippen MR) is 236 cm³/mol. The maximum Gasteiger partial charge on any atom is 0.164 e. The number of pyridine rings is 1. The van der Waals surface area contributed by atoms with Crippen molar-refractivity contribution < 1.29 is 0 Å². The Balaban J connectivity index is 1.03. The van der Waals surface area contributed by atoms with Gasteiger partial charge in [0, 0.05) is 43.4 Å². The van der Waals surface area contributed by atoms with Crippen molar-refractivity contribution in [3.05, 3.63) is 216 Å². The molecule has 2 aliphatic rings. The number of fused-ring (bicyclic) bond motifs is 9. The Hall–Kier alpha value is -6.95. The summed E-state index contributed by atoms with van der Waals surface area (Å²) >= 11 is 1.88. The summed E-state index contributed by atoms with van der Waals surface area (Å²) in [5.74, 6) is 1.89. The van der Waals surface area contributed by atoms with Crippen LogP contribution in [0, 0.1) is 13.8 Å². The minimum Gasteiger partial charge on any atom is -0.258 e. The summed E-state index contributed by atoms with van der Waals surface area (Å²) in [6, 6.07) is 65.2. The topological polar surface area (TPSA) is 51.6 Å². The average Bonchev–Trinajstić information content (AvgIpc) is 3.57. The summed E-state index contributed by atoms with van der Waals surface area (Å²) < 4.78 is 0. The van der Waals surface area contributed by atoms with Crippen molar-refractivity contribution in [1.82, 2.24) is 19.9 Å². The molecule has 58 heavy (non-hydrogen) atoms. The van der Waals surface area contributed by atoms with Gasteiger partial charge in [-0.3, -0.25) is 4.98 Å². The van der Waals surface area contributed by atoms with E-state index in [1.165, 1.54) is 48.7 Å². The van der Waals surface area contributed by atoms with Crippen molar-refractivity contribution in [1.29, 1.82) is 0 Å². The Morgan fingerprint density at radius 2 is 0.879 bits per heavy atom. The number of benzene rings is 7. The maximum atomic E-state index is 5.12. The van der Waals surface area contributed by atoms with Crippen LogP contribution in [0.1, 0.15) is 33.6 Å². The number of hydrogen-bond acceptors (Lipinski definition) is 5. The normalized spacial score (nSPS) is 13.1. The van der Waals surface area contributed by atoms with E-state index < -0.39 is 5.41 Å². The first kappa shape index (κ1) is 34.3. The van der Waals surface area contributed by atoms with Crippen LogP contribution in [0.15, 0.2) is 192 Å². The van der Waals surface area contributed by atoms with Crippen LogP contribution >= 0.6 is 11.8 Å². The highest BCUT2D eigenvalue weighted by Gasteiger charge is 2.50. The third kappa shape index (κ3) is 5.38. The van der Waals surface area contributed by atoms with Crippen molar-refractivity contribution in [2.75, 3.05) is 0 Å². The van der Waals surface area contributed by atoms with Crippen LogP contribution in [0.5, 0.6) is 0 Å². The summed E-state index contributed by atoms with van der Waals surface area (Å²) in [5.41, 5.74) is 16.9. The van der Waals surface area contributed by atoms with E-state index >= 15 is 0 Å². The molecule has 2 aromatic heterocycles. The highest BCUT2D eigenvalue weighted by Crippen LogP contribution is 2.63. The molecule has 4 nitrogen and oxygen atoms in total. The fraction of sp³-hybridized carbons (Fsp3) is 0.0566. The zero-order valence-electron chi connectivity index (χ0n) is 32.0. The van der Waals surface area contributed by atoms with Crippen molar-refractivity contribution >= 4 is 11.8 Å². The summed E-state index contributed by atoms with van der Waals surface area (Å²) in [7, 11) is 0. The molecule has 0 saturated heterocycles. The number of hydrogen-bond donors (Lipinski definition) is 0. The van der Waals surface area contributed by atoms with Crippen molar-refractivity contribution in [2.24, 2.45) is 0 Å². The lowest BCUT2D eigenvalue weighted by Gasteiger charge is -2.40. The number of aromatic nitrogens is 4. The number of rotatable bonds is 5. The molecule has 0 atom stereocenters. The molecule has 0 unspecified atom stereocenters. The van der Waals surface area contributed by atoms with Gasteiger partial charge in [-0.15, -0.1) is 0 Å². The summed E-state index contributed by atoms with van der Waals surface area (Å²) in [6.07, 6.45) is 0. The summed E-state index contributed by atoms with van der Waals surface area (Å²) in [4.78, 5) is 22.5. The van der Waals surface area contributed by atoms with Gasteiger partial charge in [0.1, 0.15) is 0 Å². The van der Waals surface area contributed by atoms with E-state index in [1.807, 2.05) is 49.0 Å². The molecule has 0 amide bonds. The van der Waals surface area contributed by atoms with Gasteiger partial charge in [-0.1, -0.05) is 176 Å². The van der Waals surface area contributed by atoms with Gasteiger partial charge in [0.05, 0.1) is 5.41 Å². The third-order valence-electron chi connectivity index (χ3n) is 11.7. The van der Waals surface area contributed by atoms with E-state index in [2.05, 4.69) is 159 Å². The first-order valence-electron chi connectivity index (χ1n) is 19.6. The van der Waals surface area contributed by atoms with Gasteiger partial charge in [0.2, 0.25) is 0 Å². The van der Waals surface area contributed by atoms with Crippen molar-refractivity contribution in [2.45, 2.75) is 29.1 Å². The third-order valence-corrected chi connectivity index (χ3v) is 12.9. The number of nitrogens with zero attached hydrogens (tertiary/aromatic N) is 4. The lowest BCUT2D eigenvalue weighted by molar-refractivity contribution is 0.723. The summed E-state index contributed by atoms with van der Waals surface area (Å²) in [6.45, 7) is 4.08. The molecule has 274 valence electrons. The second kappa shape index (κ2) is 13.6. The van der Waals surface area contributed by atoms with Gasteiger partial charge in [-0.05, 0) is 82.1 Å².